The summed E-state index contributed by atoms with van der Waals surface area (Å²) >= 11 is 0. The van der Waals surface area contributed by atoms with Crippen LogP contribution in [0.2, 0.25) is 0 Å². The van der Waals surface area contributed by atoms with Crippen LogP contribution in [0.4, 0.5) is 10.1 Å². The number of aromatic nitrogens is 1. The molecule has 0 unspecified atom stereocenters. The first-order chi connectivity index (χ1) is 15.8. The Bertz CT molecular complexity index is 1260. The zero-order chi connectivity index (χ0) is 23.3. The summed E-state index contributed by atoms with van der Waals surface area (Å²) in [7, 11) is -3.16. The number of halogens is 1. The van der Waals surface area contributed by atoms with E-state index in [1.807, 2.05) is 9.47 Å². The highest BCUT2D eigenvalue weighted by atomic mass is 32.2. The standard InChI is InChI=1S/C23H29FN4O4S/c1-2-26-6-8-27(9-7-26)21-12-20-17(11-19(21)24)22(29)18(13-28(20)16-3-4-16)23(30)25-15-5-10-33(31,32)14-15/h11-13,15-16H,2-10,14H2,1H3,(H,25,30)/t15-/m0/s1. The molecule has 1 aromatic carbocycles. The molecule has 1 saturated carbocycles. The number of carbonyl (C=O) groups is 1. The third-order valence-corrected chi connectivity index (χ3v) is 8.78. The molecule has 1 aromatic heterocycles. The van der Waals surface area contributed by atoms with Gasteiger partial charge in [-0.15, -0.1) is 0 Å². The predicted octanol–water partition coefficient (Wildman–Crippen LogP) is 1.53. The molecule has 0 bridgehead atoms. The smallest absolute Gasteiger partial charge is 0.257 e. The predicted molar refractivity (Wildman–Crippen MR) is 125 cm³/mol. The number of hydrogen-bond donors (Lipinski definition) is 1. The molecule has 178 valence electrons. The number of carbonyl (C=O) groups excluding carboxylic acids is 1. The Morgan fingerprint density at radius 3 is 2.48 bits per heavy atom. The van der Waals surface area contributed by atoms with E-state index in [1.54, 1.807) is 12.3 Å². The van der Waals surface area contributed by atoms with Gasteiger partial charge in [-0.25, -0.2) is 12.8 Å². The van der Waals surface area contributed by atoms with Crippen molar-refractivity contribution >= 4 is 32.3 Å². The highest BCUT2D eigenvalue weighted by Crippen LogP contribution is 2.38. The second-order valence-electron chi connectivity index (χ2n) is 9.33. The Morgan fingerprint density at radius 2 is 1.88 bits per heavy atom. The second-order valence-corrected chi connectivity index (χ2v) is 11.6. The summed E-state index contributed by atoms with van der Waals surface area (Å²) in [5.74, 6) is -1.15. The fraction of sp³-hybridized carbons (Fsp3) is 0.565. The van der Waals surface area contributed by atoms with E-state index in [0.717, 1.165) is 32.5 Å². The van der Waals surface area contributed by atoms with Crippen LogP contribution in [0.1, 0.15) is 42.6 Å². The highest BCUT2D eigenvalue weighted by molar-refractivity contribution is 7.91. The van der Waals surface area contributed by atoms with Crippen LogP contribution < -0.4 is 15.6 Å². The van der Waals surface area contributed by atoms with Crippen molar-refractivity contribution in [2.75, 3.05) is 49.1 Å². The van der Waals surface area contributed by atoms with Gasteiger partial charge in [-0.3, -0.25) is 9.59 Å². The van der Waals surface area contributed by atoms with Gasteiger partial charge in [0.25, 0.3) is 5.91 Å². The maximum Gasteiger partial charge on any atom is 0.257 e. The summed E-state index contributed by atoms with van der Waals surface area (Å²) in [5, 5.41) is 2.87. The minimum Gasteiger partial charge on any atom is -0.367 e. The lowest BCUT2D eigenvalue weighted by molar-refractivity contribution is 0.0939. The maximum atomic E-state index is 15.2. The number of piperazine rings is 1. The number of hydrogen-bond acceptors (Lipinski definition) is 6. The van der Waals surface area contributed by atoms with Crippen LogP contribution in [0.15, 0.2) is 23.1 Å². The first-order valence-corrected chi connectivity index (χ1v) is 13.4. The van der Waals surface area contributed by atoms with Crippen LogP contribution in [0.25, 0.3) is 10.9 Å². The first kappa shape index (κ1) is 22.3. The van der Waals surface area contributed by atoms with Crippen molar-refractivity contribution in [3.63, 3.8) is 0 Å². The molecule has 3 heterocycles. The highest BCUT2D eigenvalue weighted by Gasteiger charge is 2.32. The minimum atomic E-state index is -3.16. The van der Waals surface area contributed by atoms with Gasteiger partial charge in [0.1, 0.15) is 11.4 Å². The van der Waals surface area contributed by atoms with Crippen molar-refractivity contribution in [2.45, 2.75) is 38.3 Å². The number of likely N-dealkylation sites (N-methyl/N-ethyl adjacent to an activating group) is 1. The average molecular weight is 477 g/mol. The molecule has 1 aliphatic carbocycles. The summed E-state index contributed by atoms with van der Waals surface area (Å²) in [5.41, 5.74) is 0.529. The molecule has 5 rings (SSSR count). The van der Waals surface area contributed by atoms with Crippen molar-refractivity contribution in [1.29, 1.82) is 0 Å². The molecule has 33 heavy (non-hydrogen) atoms. The lowest BCUT2D eigenvalue weighted by atomic mass is 10.1. The molecule has 1 amide bonds. The van der Waals surface area contributed by atoms with Crippen LogP contribution in [0, 0.1) is 5.82 Å². The lowest BCUT2D eigenvalue weighted by Gasteiger charge is -2.35. The molecule has 2 aromatic rings. The summed E-state index contributed by atoms with van der Waals surface area (Å²) in [6, 6.07) is 2.67. The Labute approximate surface area is 192 Å². The zero-order valence-electron chi connectivity index (χ0n) is 18.7. The van der Waals surface area contributed by atoms with E-state index in [2.05, 4.69) is 17.1 Å². The largest absolute Gasteiger partial charge is 0.367 e. The van der Waals surface area contributed by atoms with Gasteiger partial charge in [0, 0.05) is 49.8 Å². The monoisotopic (exact) mass is 476 g/mol. The zero-order valence-corrected chi connectivity index (χ0v) is 19.5. The molecule has 3 fully saturated rings. The number of benzene rings is 1. The van der Waals surface area contributed by atoms with E-state index < -0.39 is 33.0 Å². The molecule has 0 spiro atoms. The summed E-state index contributed by atoms with van der Waals surface area (Å²) in [6.07, 6.45) is 3.77. The normalized spacial score (nSPS) is 23.2. The molecule has 2 saturated heterocycles. The number of rotatable bonds is 5. The second kappa shape index (κ2) is 8.39. The summed E-state index contributed by atoms with van der Waals surface area (Å²) in [4.78, 5) is 30.4. The Balaban J connectivity index is 1.51. The third kappa shape index (κ3) is 4.38. The van der Waals surface area contributed by atoms with E-state index >= 15 is 4.39 Å². The van der Waals surface area contributed by atoms with E-state index in [-0.39, 0.29) is 28.5 Å². The van der Waals surface area contributed by atoms with Gasteiger partial charge in [0.2, 0.25) is 5.43 Å². The number of fused-ring (bicyclic) bond motifs is 1. The number of nitrogens with one attached hydrogen (secondary N) is 1. The third-order valence-electron chi connectivity index (χ3n) is 7.01. The quantitative estimate of drug-likeness (QED) is 0.704. The molecular weight excluding hydrogens is 447 g/mol. The van der Waals surface area contributed by atoms with Crippen LogP contribution in [-0.2, 0) is 9.84 Å². The van der Waals surface area contributed by atoms with Crippen LogP contribution in [0.3, 0.4) is 0 Å². The lowest BCUT2D eigenvalue weighted by Crippen LogP contribution is -2.46. The van der Waals surface area contributed by atoms with Gasteiger partial charge in [0.05, 0.1) is 22.7 Å². The van der Waals surface area contributed by atoms with E-state index in [1.165, 1.54) is 6.07 Å². The number of sulfone groups is 1. The maximum absolute atomic E-state index is 15.2. The number of nitrogens with zero attached hydrogens (tertiary/aromatic N) is 3. The van der Waals surface area contributed by atoms with Crippen molar-refractivity contribution in [3.8, 4) is 0 Å². The fourth-order valence-corrected chi connectivity index (χ4v) is 6.57. The Morgan fingerprint density at radius 1 is 1.15 bits per heavy atom. The summed E-state index contributed by atoms with van der Waals surface area (Å²) in [6.45, 7) is 6.23. The molecule has 2 aliphatic heterocycles. The van der Waals surface area contributed by atoms with E-state index in [0.29, 0.717) is 30.7 Å². The Hall–Kier alpha value is -2.46. The van der Waals surface area contributed by atoms with Crippen molar-refractivity contribution < 1.29 is 17.6 Å². The first-order valence-electron chi connectivity index (χ1n) is 11.6. The molecular formula is C23H29FN4O4S. The molecule has 10 heteroatoms. The Kier molecular flexibility index (Phi) is 5.68. The van der Waals surface area contributed by atoms with Crippen LogP contribution in [-0.4, -0.2) is 74.1 Å². The topological polar surface area (TPSA) is 91.7 Å². The fourth-order valence-electron chi connectivity index (χ4n) is 4.89. The molecule has 1 atom stereocenters. The number of pyridine rings is 1. The molecule has 3 aliphatic rings. The van der Waals surface area contributed by atoms with E-state index in [9.17, 15) is 18.0 Å². The van der Waals surface area contributed by atoms with Crippen LogP contribution in [0.5, 0.6) is 0 Å². The number of anilines is 1. The van der Waals surface area contributed by atoms with Gasteiger partial charge < -0.3 is 19.7 Å². The van der Waals surface area contributed by atoms with Crippen molar-refractivity contribution in [3.05, 3.63) is 39.9 Å². The summed E-state index contributed by atoms with van der Waals surface area (Å²) < 4.78 is 40.5. The molecule has 0 radical (unpaired) electrons. The van der Waals surface area contributed by atoms with E-state index in [4.69, 9.17) is 0 Å². The number of amides is 1. The molecule has 8 nitrogen and oxygen atoms in total. The SMILES string of the molecule is CCN1CCN(c2cc3c(cc2F)c(=O)c(C(=O)N[C@H]2CCS(=O)(=O)C2)cn3C2CC2)CC1. The molecule has 1 N–H and O–H groups in total. The van der Waals surface area contributed by atoms with Gasteiger partial charge in [-0.05, 0) is 37.9 Å². The van der Waals surface area contributed by atoms with Crippen molar-refractivity contribution in [2.24, 2.45) is 0 Å². The van der Waals surface area contributed by atoms with Crippen molar-refractivity contribution in [1.82, 2.24) is 14.8 Å². The van der Waals surface area contributed by atoms with Gasteiger partial charge >= 0.3 is 0 Å². The van der Waals surface area contributed by atoms with Crippen LogP contribution >= 0.6 is 0 Å². The minimum absolute atomic E-state index is 0.0302. The van der Waals surface area contributed by atoms with Gasteiger partial charge in [0.15, 0.2) is 9.84 Å². The van der Waals surface area contributed by atoms with Gasteiger partial charge in [-0.2, -0.15) is 0 Å². The van der Waals surface area contributed by atoms with Gasteiger partial charge in [-0.1, -0.05) is 6.92 Å². The average Bonchev–Trinajstić information content (AvgIpc) is 3.57.